The maximum atomic E-state index is 13.9. The van der Waals surface area contributed by atoms with Crippen LogP contribution in [0.4, 0.5) is 4.39 Å². The van der Waals surface area contributed by atoms with E-state index in [2.05, 4.69) is 55.7 Å². The normalized spacial score (nSPS) is 15.1. The van der Waals surface area contributed by atoms with Gasteiger partial charge in [-0.3, -0.25) is 20.0 Å². The van der Waals surface area contributed by atoms with E-state index in [1.54, 1.807) is 18.5 Å². The number of nitrogens with zero attached hydrogens (tertiary/aromatic N) is 4. The van der Waals surface area contributed by atoms with Crippen molar-refractivity contribution in [1.29, 1.82) is 0 Å². The van der Waals surface area contributed by atoms with Crippen LogP contribution in [0, 0.1) is 5.82 Å². The molecule has 1 saturated heterocycles. The lowest BCUT2D eigenvalue weighted by Crippen LogP contribution is -2.21. The molecule has 0 unspecified atom stereocenters. The van der Waals surface area contributed by atoms with Crippen molar-refractivity contribution >= 4 is 29.1 Å². The monoisotopic (exact) mass is 504 g/mol. The lowest BCUT2D eigenvalue weighted by molar-refractivity contribution is 0.331. The Morgan fingerprint density at radius 1 is 1.08 bits per heavy atom. The number of nitrogens with one attached hydrogen (secondary N) is 2. The van der Waals surface area contributed by atoms with Crippen molar-refractivity contribution in [3.8, 4) is 22.5 Å². The second-order valence-electron chi connectivity index (χ2n) is 9.89. The van der Waals surface area contributed by atoms with Crippen LogP contribution in [0.3, 0.4) is 0 Å². The molecule has 2 N–H and O–H groups in total. The Labute approximate surface area is 220 Å². The van der Waals surface area contributed by atoms with Crippen molar-refractivity contribution in [3.63, 3.8) is 0 Å². The molecule has 1 aliphatic heterocycles. The van der Waals surface area contributed by atoms with Crippen LogP contribution >= 0.6 is 0 Å². The van der Waals surface area contributed by atoms with E-state index < -0.39 is 0 Å². The summed E-state index contributed by atoms with van der Waals surface area (Å²) in [5, 5.41) is 10.2. The molecule has 0 aliphatic carbocycles. The molecule has 38 heavy (non-hydrogen) atoms. The Morgan fingerprint density at radius 3 is 2.76 bits per heavy atom. The molecular formula is C31H29FN6. The first-order valence-corrected chi connectivity index (χ1v) is 12.9. The van der Waals surface area contributed by atoms with E-state index >= 15 is 0 Å². The summed E-state index contributed by atoms with van der Waals surface area (Å²) < 4.78 is 13.9. The van der Waals surface area contributed by atoms with E-state index in [1.807, 2.05) is 30.6 Å². The third-order valence-electron chi connectivity index (χ3n) is 7.19. The molecule has 0 amide bonds. The molecule has 1 fully saturated rings. The van der Waals surface area contributed by atoms with Gasteiger partial charge in [-0.25, -0.2) is 4.39 Å². The van der Waals surface area contributed by atoms with Crippen LogP contribution in [-0.4, -0.2) is 43.1 Å². The summed E-state index contributed by atoms with van der Waals surface area (Å²) in [5.41, 5.74) is 7.51. The molecule has 6 rings (SSSR count). The van der Waals surface area contributed by atoms with E-state index in [4.69, 9.17) is 0 Å². The molecule has 190 valence electrons. The first-order chi connectivity index (χ1) is 18.5. The van der Waals surface area contributed by atoms with Crippen LogP contribution in [-0.2, 0) is 6.54 Å². The number of aromatic amines is 2. The summed E-state index contributed by atoms with van der Waals surface area (Å²) in [6, 6.07) is 10.8. The first-order valence-electron chi connectivity index (χ1n) is 12.9. The summed E-state index contributed by atoms with van der Waals surface area (Å²) in [6.07, 6.45) is 14.0. The van der Waals surface area contributed by atoms with Crippen LogP contribution in [0.2, 0.25) is 0 Å². The van der Waals surface area contributed by atoms with Crippen LogP contribution < -0.4 is 10.6 Å². The van der Waals surface area contributed by atoms with Gasteiger partial charge in [-0.05, 0) is 85.5 Å². The standard InChI is InChI=1S/C31H29FN6/c1-20(24-12-22(15-33-16-24)19-38-10-3-4-11-38)8-9-28-21(2)31(37-36-28)29-14-26-27(17-34-18-30(26)35-29)23-6-5-7-25(32)13-23/h5-9,12-18,35-36H,2-4,10-11,19H2,1H3/b20-8+,28-9+. The molecule has 5 aromatic rings. The molecule has 6 nitrogen and oxygen atoms in total. The number of halogens is 1. The van der Waals surface area contributed by atoms with Gasteiger partial charge in [-0.15, -0.1) is 0 Å². The topological polar surface area (TPSA) is 73.5 Å². The van der Waals surface area contributed by atoms with Crippen molar-refractivity contribution in [2.24, 2.45) is 0 Å². The van der Waals surface area contributed by atoms with Crippen LogP contribution in [0.5, 0.6) is 0 Å². The van der Waals surface area contributed by atoms with Gasteiger partial charge < -0.3 is 4.98 Å². The van der Waals surface area contributed by atoms with E-state index in [-0.39, 0.29) is 5.82 Å². The van der Waals surface area contributed by atoms with E-state index in [0.29, 0.717) is 0 Å². The minimum absolute atomic E-state index is 0.278. The summed E-state index contributed by atoms with van der Waals surface area (Å²) in [6.45, 7) is 9.66. The van der Waals surface area contributed by atoms with Gasteiger partial charge in [-0.2, -0.15) is 5.10 Å². The number of likely N-dealkylation sites (tertiary alicyclic amines) is 1. The number of rotatable bonds is 6. The number of fused-ring (bicyclic) bond motifs is 1. The lowest BCUT2D eigenvalue weighted by atomic mass is 10.0. The number of benzene rings is 1. The highest BCUT2D eigenvalue weighted by Crippen LogP contribution is 2.30. The van der Waals surface area contributed by atoms with Crippen molar-refractivity contribution in [3.05, 3.63) is 94.8 Å². The van der Waals surface area contributed by atoms with Crippen molar-refractivity contribution in [2.75, 3.05) is 13.1 Å². The second-order valence-corrected chi connectivity index (χ2v) is 9.89. The van der Waals surface area contributed by atoms with Gasteiger partial charge in [0.15, 0.2) is 0 Å². The minimum Gasteiger partial charge on any atom is -0.352 e. The predicted molar refractivity (Wildman–Crippen MR) is 151 cm³/mol. The van der Waals surface area contributed by atoms with E-state index in [0.717, 1.165) is 61.7 Å². The highest BCUT2D eigenvalue weighted by atomic mass is 19.1. The molecule has 1 aliphatic rings. The number of allylic oxidation sites excluding steroid dienone is 2. The lowest BCUT2D eigenvalue weighted by Gasteiger charge is -2.14. The largest absolute Gasteiger partial charge is 0.352 e. The fourth-order valence-corrected chi connectivity index (χ4v) is 5.10. The smallest absolute Gasteiger partial charge is 0.123 e. The average molecular weight is 505 g/mol. The van der Waals surface area contributed by atoms with E-state index in [9.17, 15) is 4.39 Å². The highest BCUT2D eigenvalue weighted by molar-refractivity contribution is 5.97. The second kappa shape index (κ2) is 10.2. The number of hydrogen-bond donors (Lipinski definition) is 2. The highest BCUT2D eigenvalue weighted by Gasteiger charge is 2.13. The van der Waals surface area contributed by atoms with Gasteiger partial charge in [-0.1, -0.05) is 24.8 Å². The Kier molecular flexibility index (Phi) is 6.43. The van der Waals surface area contributed by atoms with Gasteiger partial charge >= 0.3 is 0 Å². The Balaban J connectivity index is 1.29. The van der Waals surface area contributed by atoms with E-state index in [1.165, 1.54) is 43.6 Å². The summed E-state index contributed by atoms with van der Waals surface area (Å²) >= 11 is 0. The van der Waals surface area contributed by atoms with Gasteiger partial charge in [0.25, 0.3) is 0 Å². The fourth-order valence-electron chi connectivity index (χ4n) is 5.10. The Bertz CT molecular complexity index is 1760. The number of hydrogen-bond acceptors (Lipinski definition) is 4. The van der Waals surface area contributed by atoms with Gasteiger partial charge in [0, 0.05) is 41.3 Å². The van der Waals surface area contributed by atoms with Crippen molar-refractivity contribution in [1.82, 2.24) is 30.0 Å². The Hall–Kier alpha value is -4.36. The first kappa shape index (κ1) is 24.0. The maximum Gasteiger partial charge on any atom is 0.123 e. The molecule has 0 saturated carbocycles. The summed E-state index contributed by atoms with van der Waals surface area (Å²) in [4.78, 5) is 14.7. The molecule has 4 aromatic heterocycles. The van der Waals surface area contributed by atoms with Crippen LogP contribution in [0.25, 0.3) is 51.6 Å². The van der Waals surface area contributed by atoms with Gasteiger partial charge in [0.1, 0.15) is 11.5 Å². The molecule has 0 radical (unpaired) electrons. The average Bonchev–Trinajstić information content (AvgIpc) is 3.67. The number of H-pyrrole nitrogens is 2. The van der Waals surface area contributed by atoms with Crippen molar-refractivity contribution < 1.29 is 4.39 Å². The summed E-state index contributed by atoms with van der Waals surface area (Å²) in [7, 11) is 0. The minimum atomic E-state index is -0.278. The SMILES string of the molecule is C=c1c(-c2cc3c(-c4cccc(F)c4)cncc3[nH]2)n[nH]/c1=C/C=C(\C)c1cncc(CN2CCCC2)c1. The van der Waals surface area contributed by atoms with Crippen molar-refractivity contribution in [2.45, 2.75) is 26.3 Å². The van der Waals surface area contributed by atoms with Gasteiger partial charge in [0.2, 0.25) is 0 Å². The number of aromatic nitrogens is 5. The Morgan fingerprint density at radius 2 is 1.92 bits per heavy atom. The molecule has 7 heteroatoms. The molecule has 0 spiro atoms. The molecule has 5 heterocycles. The predicted octanol–water partition coefficient (Wildman–Crippen LogP) is 5.04. The summed E-state index contributed by atoms with van der Waals surface area (Å²) in [5.74, 6) is -0.278. The van der Waals surface area contributed by atoms with Gasteiger partial charge in [0.05, 0.1) is 22.8 Å². The molecule has 1 aromatic carbocycles. The fraction of sp³-hybridized carbons (Fsp3) is 0.194. The zero-order valence-corrected chi connectivity index (χ0v) is 21.3. The molecular weight excluding hydrogens is 475 g/mol. The third-order valence-corrected chi connectivity index (χ3v) is 7.19. The van der Waals surface area contributed by atoms with Crippen LogP contribution in [0.1, 0.15) is 30.9 Å². The van der Waals surface area contributed by atoms with Crippen LogP contribution in [0.15, 0.2) is 67.3 Å². The third kappa shape index (κ3) is 4.80. The zero-order valence-electron chi connectivity index (χ0n) is 21.3. The maximum absolute atomic E-state index is 13.9. The zero-order chi connectivity index (χ0) is 26.1. The number of pyridine rings is 2. The molecule has 0 bridgehead atoms. The molecule has 0 atom stereocenters. The quantitative estimate of drug-likeness (QED) is 0.340.